The number of ether oxygens (including phenoxy) is 2. The minimum atomic E-state index is -0.250. The highest BCUT2D eigenvalue weighted by Crippen LogP contribution is 2.32. The van der Waals surface area contributed by atoms with E-state index in [4.69, 9.17) is 21.7 Å². The molecule has 1 amide bonds. The summed E-state index contributed by atoms with van der Waals surface area (Å²) in [4.78, 5) is 11.7. The first kappa shape index (κ1) is 16.4. The molecule has 120 valence electrons. The highest BCUT2D eigenvalue weighted by Gasteiger charge is 2.14. The molecular weight excluding hydrogens is 302 g/mol. The SMILES string of the molecule is CC(C)(C)NC(=O)CNC(=S)NCc1ccc2c(c1)OCO2. The Morgan fingerprint density at radius 1 is 1.23 bits per heavy atom. The van der Waals surface area contributed by atoms with Crippen molar-refractivity contribution in [3.05, 3.63) is 23.8 Å². The van der Waals surface area contributed by atoms with E-state index in [1.165, 1.54) is 0 Å². The molecule has 0 aromatic heterocycles. The molecule has 1 aromatic rings. The third-order valence-electron chi connectivity index (χ3n) is 2.81. The molecule has 1 aliphatic rings. The van der Waals surface area contributed by atoms with Crippen molar-refractivity contribution in [3.63, 3.8) is 0 Å². The maximum absolute atomic E-state index is 11.7. The van der Waals surface area contributed by atoms with Gasteiger partial charge in [-0.1, -0.05) is 6.07 Å². The molecule has 0 saturated heterocycles. The molecule has 1 aromatic carbocycles. The van der Waals surface area contributed by atoms with E-state index in [1.54, 1.807) is 0 Å². The molecule has 0 aliphatic carbocycles. The fraction of sp³-hybridized carbons (Fsp3) is 0.467. The topological polar surface area (TPSA) is 71.6 Å². The molecule has 2 rings (SSSR count). The summed E-state index contributed by atoms with van der Waals surface area (Å²) < 4.78 is 10.6. The van der Waals surface area contributed by atoms with E-state index in [1.807, 2.05) is 39.0 Å². The van der Waals surface area contributed by atoms with Gasteiger partial charge in [-0.2, -0.15) is 0 Å². The monoisotopic (exact) mass is 323 g/mol. The van der Waals surface area contributed by atoms with Crippen LogP contribution < -0.4 is 25.4 Å². The maximum Gasteiger partial charge on any atom is 0.239 e. The molecule has 6 nitrogen and oxygen atoms in total. The summed E-state index contributed by atoms with van der Waals surface area (Å²) in [5.74, 6) is 1.39. The van der Waals surface area contributed by atoms with Crippen molar-refractivity contribution < 1.29 is 14.3 Å². The van der Waals surface area contributed by atoms with Crippen molar-refractivity contribution in [3.8, 4) is 11.5 Å². The van der Waals surface area contributed by atoms with Crippen molar-refractivity contribution in [1.82, 2.24) is 16.0 Å². The zero-order valence-corrected chi connectivity index (χ0v) is 13.8. The summed E-state index contributed by atoms with van der Waals surface area (Å²) in [6.45, 7) is 6.74. The van der Waals surface area contributed by atoms with Crippen LogP contribution in [0.15, 0.2) is 18.2 Å². The lowest BCUT2D eigenvalue weighted by Crippen LogP contribution is -2.47. The Balaban J connectivity index is 1.73. The second-order valence-electron chi connectivity index (χ2n) is 6.02. The van der Waals surface area contributed by atoms with Crippen LogP contribution in [-0.2, 0) is 11.3 Å². The number of carbonyl (C=O) groups is 1. The fourth-order valence-electron chi connectivity index (χ4n) is 1.92. The summed E-state index contributed by atoms with van der Waals surface area (Å²) in [6, 6.07) is 5.71. The fourth-order valence-corrected chi connectivity index (χ4v) is 2.06. The highest BCUT2D eigenvalue weighted by molar-refractivity contribution is 7.80. The van der Waals surface area contributed by atoms with Crippen LogP contribution in [0.1, 0.15) is 26.3 Å². The van der Waals surface area contributed by atoms with Crippen LogP contribution in [0.3, 0.4) is 0 Å². The first-order valence-electron chi connectivity index (χ1n) is 7.05. The smallest absolute Gasteiger partial charge is 0.239 e. The van der Waals surface area contributed by atoms with Crippen molar-refractivity contribution in [2.75, 3.05) is 13.3 Å². The summed E-state index contributed by atoms with van der Waals surface area (Å²) in [7, 11) is 0. The van der Waals surface area contributed by atoms with Crippen LogP contribution in [-0.4, -0.2) is 29.9 Å². The Morgan fingerprint density at radius 2 is 1.95 bits per heavy atom. The Kier molecular flexibility index (Phi) is 5.07. The molecule has 1 aliphatic heterocycles. The third-order valence-corrected chi connectivity index (χ3v) is 3.10. The summed E-state index contributed by atoms with van der Waals surface area (Å²) in [5, 5.41) is 9.22. The van der Waals surface area contributed by atoms with E-state index in [2.05, 4.69) is 16.0 Å². The van der Waals surface area contributed by atoms with Gasteiger partial charge in [0.2, 0.25) is 12.7 Å². The molecule has 1 heterocycles. The average Bonchev–Trinajstić information content (AvgIpc) is 2.88. The van der Waals surface area contributed by atoms with Gasteiger partial charge >= 0.3 is 0 Å². The van der Waals surface area contributed by atoms with Gasteiger partial charge in [0, 0.05) is 12.1 Å². The zero-order chi connectivity index (χ0) is 16.2. The van der Waals surface area contributed by atoms with Crippen molar-refractivity contribution in [2.24, 2.45) is 0 Å². The molecule has 0 bridgehead atoms. The molecule has 0 spiro atoms. The summed E-state index contributed by atoms with van der Waals surface area (Å²) in [6.07, 6.45) is 0. The van der Waals surface area contributed by atoms with E-state index in [9.17, 15) is 4.79 Å². The molecule has 0 atom stereocenters. The predicted octanol–water partition coefficient (Wildman–Crippen LogP) is 1.29. The van der Waals surface area contributed by atoms with E-state index in [0.717, 1.165) is 17.1 Å². The molecule has 3 N–H and O–H groups in total. The lowest BCUT2D eigenvalue weighted by molar-refractivity contribution is -0.121. The van der Waals surface area contributed by atoms with E-state index in [0.29, 0.717) is 11.7 Å². The number of amides is 1. The lowest BCUT2D eigenvalue weighted by atomic mass is 10.1. The molecule has 0 radical (unpaired) electrons. The Hall–Kier alpha value is -2.02. The minimum absolute atomic E-state index is 0.0975. The number of nitrogens with one attached hydrogen (secondary N) is 3. The van der Waals surface area contributed by atoms with E-state index >= 15 is 0 Å². The molecular formula is C15H21N3O3S. The largest absolute Gasteiger partial charge is 0.454 e. The number of thiocarbonyl (C=S) groups is 1. The van der Waals surface area contributed by atoms with Gasteiger partial charge in [0.25, 0.3) is 0 Å². The van der Waals surface area contributed by atoms with Crippen LogP contribution in [0.4, 0.5) is 0 Å². The Morgan fingerprint density at radius 3 is 2.68 bits per heavy atom. The molecule has 7 heteroatoms. The summed E-state index contributed by atoms with van der Waals surface area (Å²) in [5.41, 5.74) is 0.771. The molecule has 0 unspecified atom stereocenters. The van der Waals surface area contributed by atoms with Crippen molar-refractivity contribution in [2.45, 2.75) is 32.9 Å². The molecule has 0 saturated carbocycles. The van der Waals surface area contributed by atoms with Gasteiger partial charge < -0.3 is 25.4 Å². The van der Waals surface area contributed by atoms with Gasteiger partial charge in [-0.15, -0.1) is 0 Å². The van der Waals surface area contributed by atoms with Gasteiger partial charge in [-0.05, 0) is 50.7 Å². The van der Waals surface area contributed by atoms with E-state index in [-0.39, 0.29) is 24.8 Å². The van der Waals surface area contributed by atoms with Crippen molar-refractivity contribution >= 4 is 23.2 Å². The standard InChI is InChI=1S/C15H21N3O3S/c1-15(2,3)18-13(19)8-17-14(22)16-7-10-4-5-11-12(6-10)21-9-20-11/h4-6H,7-9H2,1-3H3,(H,18,19)(H2,16,17,22). The second-order valence-corrected chi connectivity index (χ2v) is 6.43. The number of benzene rings is 1. The number of carbonyl (C=O) groups excluding carboxylic acids is 1. The maximum atomic E-state index is 11.7. The normalized spacial score (nSPS) is 12.7. The number of rotatable bonds is 4. The predicted molar refractivity (Wildman–Crippen MR) is 87.9 cm³/mol. The molecule has 22 heavy (non-hydrogen) atoms. The van der Waals surface area contributed by atoms with Gasteiger partial charge in [-0.25, -0.2) is 0 Å². The zero-order valence-electron chi connectivity index (χ0n) is 13.0. The van der Waals surface area contributed by atoms with Crippen LogP contribution in [0.5, 0.6) is 11.5 Å². The lowest BCUT2D eigenvalue weighted by Gasteiger charge is -2.21. The van der Waals surface area contributed by atoms with Gasteiger partial charge in [-0.3, -0.25) is 4.79 Å². The first-order chi connectivity index (χ1) is 10.3. The van der Waals surface area contributed by atoms with Crippen LogP contribution in [0.25, 0.3) is 0 Å². The van der Waals surface area contributed by atoms with Crippen LogP contribution >= 0.6 is 12.2 Å². The highest BCUT2D eigenvalue weighted by atomic mass is 32.1. The number of hydrogen-bond donors (Lipinski definition) is 3. The average molecular weight is 323 g/mol. The quantitative estimate of drug-likeness (QED) is 0.726. The number of fused-ring (bicyclic) bond motifs is 1. The first-order valence-corrected chi connectivity index (χ1v) is 7.45. The van der Waals surface area contributed by atoms with Crippen LogP contribution in [0, 0.1) is 0 Å². The molecule has 0 fully saturated rings. The van der Waals surface area contributed by atoms with E-state index < -0.39 is 0 Å². The number of hydrogen-bond acceptors (Lipinski definition) is 4. The summed E-state index contributed by atoms with van der Waals surface area (Å²) >= 11 is 5.15. The minimum Gasteiger partial charge on any atom is -0.454 e. The third kappa shape index (κ3) is 5.07. The van der Waals surface area contributed by atoms with Gasteiger partial charge in [0.05, 0.1) is 6.54 Å². The Bertz CT molecular complexity index is 570. The second kappa shape index (κ2) is 6.83. The van der Waals surface area contributed by atoms with Crippen molar-refractivity contribution in [1.29, 1.82) is 0 Å². The van der Waals surface area contributed by atoms with Gasteiger partial charge in [0.1, 0.15) is 0 Å². The Labute approximate surface area is 135 Å². The van der Waals surface area contributed by atoms with Crippen LogP contribution in [0.2, 0.25) is 0 Å². The van der Waals surface area contributed by atoms with Gasteiger partial charge in [0.15, 0.2) is 16.6 Å².